The van der Waals surface area contributed by atoms with Crippen LogP contribution in [0.15, 0.2) is 77.8 Å². The predicted molar refractivity (Wildman–Crippen MR) is 121 cm³/mol. The molecule has 1 heterocycles. The minimum atomic E-state index is -4.36. The van der Waals surface area contributed by atoms with Crippen LogP contribution in [0, 0.1) is 0 Å². The summed E-state index contributed by atoms with van der Waals surface area (Å²) in [4.78, 5) is 15.6. The summed E-state index contributed by atoms with van der Waals surface area (Å²) in [5.74, 6) is 0. The molecule has 164 valence electrons. The van der Waals surface area contributed by atoms with E-state index in [0.29, 0.717) is 11.4 Å². The summed E-state index contributed by atoms with van der Waals surface area (Å²) in [6.45, 7) is -0.0525. The third-order valence-corrected chi connectivity index (χ3v) is 5.46. The fourth-order valence-electron chi connectivity index (χ4n) is 3.28. The van der Waals surface area contributed by atoms with E-state index in [1.165, 1.54) is 24.3 Å². The van der Waals surface area contributed by atoms with Crippen LogP contribution in [0.25, 0.3) is 22.0 Å². The van der Waals surface area contributed by atoms with Crippen molar-refractivity contribution in [2.45, 2.75) is 17.0 Å². The van der Waals surface area contributed by atoms with Crippen molar-refractivity contribution in [2.75, 3.05) is 10.6 Å². The number of aliphatic hydroxyl groups is 1. The zero-order valence-corrected chi connectivity index (χ0v) is 17.3. The maximum absolute atomic E-state index is 12.4. The average Bonchev–Trinajstić information content (AvgIpc) is 3.16. The topological polar surface area (TPSA) is 77.2 Å². The molecule has 0 bridgehead atoms. The van der Waals surface area contributed by atoms with Crippen molar-refractivity contribution in [1.29, 1.82) is 0 Å². The quantitative estimate of drug-likeness (QED) is 0.256. The van der Waals surface area contributed by atoms with Crippen molar-refractivity contribution >= 4 is 40.1 Å². The third kappa shape index (κ3) is 5.24. The second kappa shape index (κ2) is 8.97. The number of carbonyl (C=O) groups excluding carboxylic acids is 1. The summed E-state index contributed by atoms with van der Waals surface area (Å²) in [6, 6.07) is 18.2. The number of nitrogens with one attached hydrogen (secondary N) is 3. The van der Waals surface area contributed by atoms with E-state index in [0.717, 1.165) is 27.6 Å². The molecule has 0 spiro atoms. The van der Waals surface area contributed by atoms with Gasteiger partial charge in [0.15, 0.2) is 0 Å². The number of fused-ring (bicyclic) bond motifs is 1. The molecular weight excluding hydrogens is 439 g/mol. The number of alkyl halides is 3. The van der Waals surface area contributed by atoms with Gasteiger partial charge in [-0.15, -0.1) is 0 Å². The monoisotopic (exact) mass is 457 g/mol. The number of aromatic amines is 1. The van der Waals surface area contributed by atoms with Crippen LogP contribution in [0.1, 0.15) is 5.56 Å². The van der Waals surface area contributed by atoms with Gasteiger partial charge in [0.1, 0.15) is 0 Å². The summed E-state index contributed by atoms with van der Waals surface area (Å²) in [5, 5.41) is 15.5. The van der Waals surface area contributed by atoms with Crippen LogP contribution in [0.4, 0.5) is 29.3 Å². The molecule has 4 aromatic rings. The first kappa shape index (κ1) is 21.8. The van der Waals surface area contributed by atoms with Gasteiger partial charge < -0.3 is 20.7 Å². The highest BCUT2D eigenvalue weighted by Crippen LogP contribution is 2.37. The third-order valence-electron chi connectivity index (χ3n) is 4.72. The Labute approximate surface area is 185 Å². The van der Waals surface area contributed by atoms with Crippen molar-refractivity contribution in [1.82, 2.24) is 4.98 Å². The van der Waals surface area contributed by atoms with E-state index in [1.807, 2.05) is 42.5 Å². The highest BCUT2D eigenvalue weighted by molar-refractivity contribution is 8.00. The number of H-pyrrole nitrogens is 1. The number of carbonyl (C=O) groups is 1. The number of anilines is 2. The molecule has 0 aliphatic carbocycles. The minimum absolute atomic E-state index is 0.0397. The van der Waals surface area contributed by atoms with Gasteiger partial charge >= 0.3 is 11.5 Å². The Morgan fingerprint density at radius 2 is 1.72 bits per heavy atom. The van der Waals surface area contributed by atoms with Crippen molar-refractivity contribution in [2.24, 2.45) is 0 Å². The standard InChI is InChI=1S/C23H18F3N3O2S/c24-23(25,26)32-18-7-5-17(6-8-18)28-22(31)29-21-12-27-20-9-4-16(11-19(20)21)15-3-1-2-14(10-15)13-30/h1-12,27,30H,13H2,(H2,28,29,31). The Bertz CT molecular complexity index is 1250. The van der Waals surface area contributed by atoms with Crippen LogP contribution in [-0.4, -0.2) is 21.6 Å². The molecule has 4 rings (SSSR count). The zero-order chi connectivity index (χ0) is 22.7. The van der Waals surface area contributed by atoms with Crippen molar-refractivity contribution in [3.8, 4) is 11.1 Å². The molecule has 0 atom stereocenters. The maximum atomic E-state index is 12.4. The molecule has 3 aromatic carbocycles. The normalized spacial score (nSPS) is 11.5. The van der Waals surface area contributed by atoms with Gasteiger partial charge in [-0.2, -0.15) is 13.2 Å². The molecule has 0 aliphatic rings. The zero-order valence-electron chi connectivity index (χ0n) is 16.5. The first-order valence-electron chi connectivity index (χ1n) is 9.56. The van der Waals surface area contributed by atoms with E-state index in [2.05, 4.69) is 15.6 Å². The van der Waals surface area contributed by atoms with Crippen molar-refractivity contribution in [3.05, 3.63) is 78.5 Å². The lowest BCUT2D eigenvalue weighted by atomic mass is 10.0. The number of thioether (sulfide) groups is 1. The molecule has 1 aromatic heterocycles. The Balaban J connectivity index is 1.49. The molecular formula is C23H18F3N3O2S. The molecule has 2 amide bonds. The summed E-state index contributed by atoms with van der Waals surface area (Å²) in [7, 11) is 0. The van der Waals surface area contributed by atoms with Crippen molar-refractivity contribution in [3.63, 3.8) is 0 Å². The van der Waals surface area contributed by atoms with Gasteiger partial charge in [-0.05, 0) is 70.9 Å². The fraction of sp³-hybridized carbons (Fsp3) is 0.0870. The van der Waals surface area contributed by atoms with E-state index in [4.69, 9.17) is 0 Å². The van der Waals surface area contributed by atoms with Gasteiger partial charge in [0, 0.05) is 27.7 Å². The molecule has 0 saturated heterocycles. The van der Waals surface area contributed by atoms with Gasteiger partial charge in [-0.1, -0.05) is 24.3 Å². The first-order chi connectivity index (χ1) is 15.3. The number of rotatable bonds is 5. The SMILES string of the molecule is O=C(Nc1ccc(SC(F)(F)F)cc1)Nc1c[nH]c2ccc(-c3cccc(CO)c3)cc12. The van der Waals surface area contributed by atoms with Crippen LogP contribution >= 0.6 is 11.8 Å². The lowest BCUT2D eigenvalue weighted by molar-refractivity contribution is -0.0328. The molecule has 0 saturated carbocycles. The van der Waals surface area contributed by atoms with Gasteiger partial charge in [-0.3, -0.25) is 0 Å². The number of hydrogen-bond donors (Lipinski definition) is 4. The van der Waals surface area contributed by atoms with Crippen LogP contribution in [0.2, 0.25) is 0 Å². The molecule has 0 aliphatic heterocycles. The maximum Gasteiger partial charge on any atom is 0.446 e. The summed E-state index contributed by atoms with van der Waals surface area (Å²) in [5.41, 5.74) is 0.0580. The van der Waals surface area contributed by atoms with E-state index >= 15 is 0 Å². The lowest BCUT2D eigenvalue weighted by Crippen LogP contribution is -2.19. The second-order valence-corrected chi connectivity index (χ2v) is 8.11. The molecule has 5 nitrogen and oxygen atoms in total. The fourth-order valence-corrected chi connectivity index (χ4v) is 3.82. The van der Waals surface area contributed by atoms with E-state index in [-0.39, 0.29) is 23.3 Å². The Morgan fingerprint density at radius 1 is 0.969 bits per heavy atom. The Hall–Kier alpha value is -3.43. The van der Waals surface area contributed by atoms with E-state index in [9.17, 15) is 23.1 Å². The first-order valence-corrected chi connectivity index (χ1v) is 10.4. The number of amides is 2. The molecule has 4 N–H and O–H groups in total. The number of benzene rings is 3. The summed E-state index contributed by atoms with van der Waals surface area (Å²) < 4.78 is 37.3. The summed E-state index contributed by atoms with van der Waals surface area (Å²) in [6.07, 6.45) is 1.67. The molecule has 0 fully saturated rings. The number of urea groups is 1. The molecule has 32 heavy (non-hydrogen) atoms. The summed E-state index contributed by atoms with van der Waals surface area (Å²) >= 11 is -0.211. The number of hydrogen-bond acceptors (Lipinski definition) is 3. The predicted octanol–water partition coefficient (Wildman–Crippen LogP) is 6.58. The van der Waals surface area contributed by atoms with Crippen LogP contribution in [-0.2, 0) is 6.61 Å². The molecule has 9 heteroatoms. The highest BCUT2D eigenvalue weighted by Gasteiger charge is 2.29. The Kier molecular flexibility index (Phi) is 6.11. The smallest absolute Gasteiger partial charge is 0.392 e. The molecule has 0 unspecified atom stereocenters. The average molecular weight is 457 g/mol. The minimum Gasteiger partial charge on any atom is -0.392 e. The van der Waals surface area contributed by atoms with Crippen LogP contribution < -0.4 is 10.6 Å². The van der Waals surface area contributed by atoms with Crippen molar-refractivity contribution < 1.29 is 23.1 Å². The van der Waals surface area contributed by atoms with E-state index in [1.54, 1.807) is 6.20 Å². The number of halogens is 3. The van der Waals surface area contributed by atoms with Crippen LogP contribution in [0.5, 0.6) is 0 Å². The van der Waals surface area contributed by atoms with Gasteiger partial charge in [-0.25, -0.2) is 4.79 Å². The largest absolute Gasteiger partial charge is 0.446 e. The second-order valence-electron chi connectivity index (χ2n) is 6.97. The number of aliphatic hydroxyl groups excluding tert-OH is 1. The van der Waals surface area contributed by atoms with Gasteiger partial charge in [0.05, 0.1) is 12.3 Å². The molecule has 0 radical (unpaired) electrons. The number of aromatic nitrogens is 1. The Morgan fingerprint density at radius 3 is 2.44 bits per heavy atom. The van der Waals surface area contributed by atoms with Gasteiger partial charge in [0.25, 0.3) is 0 Å². The van der Waals surface area contributed by atoms with Crippen LogP contribution in [0.3, 0.4) is 0 Å². The van der Waals surface area contributed by atoms with Gasteiger partial charge in [0.2, 0.25) is 0 Å². The van der Waals surface area contributed by atoms with E-state index < -0.39 is 11.5 Å². The lowest BCUT2D eigenvalue weighted by Gasteiger charge is -2.09. The highest BCUT2D eigenvalue weighted by atomic mass is 32.2.